The Balaban J connectivity index is 1.49. The summed E-state index contributed by atoms with van der Waals surface area (Å²) in [5.74, 6) is 2.89. The van der Waals surface area contributed by atoms with Gasteiger partial charge >= 0.3 is 0 Å². The van der Waals surface area contributed by atoms with E-state index in [1.165, 1.54) is 0 Å². The summed E-state index contributed by atoms with van der Waals surface area (Å²) in [5.41, 5.74) is 15.2. The van der Waals surface area contributed by atoms with Crippen molar-refractivity contribution >= 4 is 11.4 Å². The van der Waals surface area contributed by atoms with Gasteiger partial charge < -0.3 is 20.9 Å². The van der Waals surface area contributed by atoms with E-state index in [9.17, 15) is 0 Å². The molecule has 0 atom stereocenters. The molecule has 0 fully saturated rings. The number of ether oxygens (including phenoxy) is 2. The zero-order chi connectivity index (χ0) is 19.3. The molecule has 0 aliphatic rings. The zero-order valence-corrected chi connectivity index (χ0v) is 15.2. The summed E-state index contributed by atoms with van der Waals surface area (Å²) in [5, 5.41) is 0. The number of anilines is 2. The van der Waals surface area contributed by atoms with E-state index in [1.54, 1.807) is 12.1 Å². The second-order valence-electron chi connectivity index (χ2n) is 6.36. The standard InChI is InChI=1S/C24H20N2O2/c25-18-6-8-19(9-7-18)27-20-10-12-21(13-11-20)28-22-14-15-24(26)23(16-22)17-4-2-1-3-5-17/h1-16H,25-26H2. The van der Waals surface area contributed by atoms with Crippen molar-refractivity contribution < 1.29 is 9.47 Å². The Morgan fingerprint density at radius 3 is 1.61 bits per heavy atom. The normalized spacial score (nSPS) is 10.4. The first-order valence-electron chi connectivity index (χ1n) is 8.94. The van der Waals surface area contributed by atoms with Crippen molar-refractivity contribution in [1.29, 1.82) is 0 Å². The van der Waals surface area contributed by atoms with Gasteiger partial charge in [-0.1, -0.05) is 30.3 Å². The molecular formula is C24H20N2O2. The molecule has 4 heteroatoms. The minimum absolute atomic E-state index is 0.703. The maximum absolute atomic E-state index is 6.14. The molecule has 0 bridgehead atoms. The maximum Gasteiger partial charge on any atom is 0.128 e. The van der Waals surface area contributed by atoms with Gasteiger partial charge in [0.05, 0.1) is 0 Å². The lowest BCUT2D eigenvalue weighted by Crippen LogP contribution is -1.92. The van der Waals surface area contributed by atoms with E-state index < -0.39 is 0 Å². The Hall–Kier alpha value is -3.92. The van der Waals surface area contributed by atoms with Crippen LogP contribution in [0.15, 0.2) is 97.1 Å². The quantitative estimate of drug-likeness (QED) is 0.417. The summed E-state index contributed by atoms with van der Waals surface area (Å²) in [6.45, 7) is 0. The number of rotatable bonds is 5. The Morgan fingerprint density at radius 1 is 0.500 bits per heavy atom. The molecule has 4 nitrogen and oxygen atoms in total. The Bertz CT molecular complexity index is 1060. The van der Waals surface area contributed by atoms with Gasteiger partial charge in [-0.2, -0.15) is 0 Å². The van der Waals surface area contributed by atoms with Crippen LogP contribution in [-0.4, -0.2) is 0 Å². The number of hydrogen-bond acceptors (Lipinski definition) is 4. The predicted octanol–water partition coefficient (Wildman–Crippen LogP) is 6.10. The molecule has 4 aromatic rings. The van der Waals surface area contributed by atoms with E-state index in [1.807, 2.05) is 84.9 Å². The van der Waals surface area contributed by atoms with Crippen molar-refractivity contribution in [3.63, 3.8) is 0 Å². The average Bonchev–Trinajstić information content (AvgIpc) is 2.73. The highest BCUT2D eigenvalue weighted by Crippen LogP contribution is 2.32. The van der Waals surface area contributed by atoms with Crippen molar-refractivity contribution in [2.45, 2.75) is 0 Å². The molecule has 0 spiro atoms. The van der Waals surface area contributed by atoms with Gasteiger partial charge in [0.15, 0.2) is 0 Å². The highest BCUT2D eigenvalue weighted by molar-refractivity contribution is 5.77. The third-order valence-corrected chi connectivity index (χ3v) is 4.28. The first kappa shape index (κ1) is 17.5. The average molecular weight is 368 g/mol. The summed E-state index contributed by atoms with van der Waals surface area (Å²) in [6, 6.07) is 30.4. The van der Waals surface area contributed by atoms with Crippen molar-refractivity contribution in [3.05, 3.63) is 97.1 Å². The molecule has 0 unspecified atom stereocenters. The van der Waals surface area contributed by atoms with Gasteiger partial charge in [0.2, 0.25) is 0 Å². The molecule has 0 aliphatic heterocycles. The fourth-order valence-electron chi connectivity index (χ4n) is 2.85. The monoisotopic (exact) mass is 368 g/mol. The summed E-state index contributed by atoms with van der Waals surface area (Å²) in [4.78, 5) is 0. The molecular weight excluding hydrogens is 348 g/mol. The van der Waals surface area contributed by atoms with Crippen molar-refractivity contribution in [1.82, 2.24) is 0 Å². The predicted molar refractivity (Wildman–Crippen MR) is 114 cm³/mol. The van der Waals surface area contributed by atoms with Gasteiger partial charge in [-0.3, -0.25) is 0 Å². The molecule has 4 rings (SSSR count). The Morgan fingerprint density at radius 2 is 1.00 bits per heavy atom. The molecule has 0 aliphatic carbocycles. The van der Waals surface area contributed by atoms with Crippen LogP contribution in [0.4, 0.5) is 11.4 Å². The van der Waals surface area contributed by atoms with Gasteiger partial charge in [0.1, 0.15) is 23.0 Å². The van der Waals surface area contributed by atoms with E-state index in [-0.39, 0.29) is 0 Å². The zero-order valence-electron chi connectivity index (χ0n) is 15.2. The van der Waals surface area contributed by atoms with Gasteiger partial charge in [-0.15, -0.1) is 0 Å². The molecule has 0 radical (unpaired) electrons. The van der Waals surface area contributed by atoms with Crippen LogP contribution in [0.1, 0.15) is 0 Å². The summed E-state index contributed by atoms with van der Waals surface area (Å²) >= 11 is 0. The highest BCUT2D eigenvalue weighted by atomic mass is 16.5. The number of hydrogen-bond donors (Lipinski definition) is 2. The fraction of sp³-hybridized carbons (Fsp3) is 0. The Labute approximate surface area is 164 Å². The minimum atomic E-state index is 0.703. The Kier molecular flexibility index (Phi) is 4.85. The molecule has 28 heavy (non-hydrogen) atoms. The first-order valence-corrected chi connectivity index (χ1v) is 8.94. The third-order valence-electron chi connectivity index (χ3n) is 4.28. The number of nitrogens with two attached hydrogens (primary N) is 2. The van der Waals surface area contributed by atoms with E-state index >= 15 is 0 Å². The highest BCUT2D eigenvalue weighted by Gasteiger charge is 2.06. The van der Waals surface area contributed by atoms with Crippen LogP contribution in [0.2, 0.25) is 0 Å². The molecule has 0 saturated carbocycles. The van der Waals surface area contributed by atoms with E-state index in [2.05, 4.69) is 0 Å². The van der Waals surface area contributed by atoms with Crippen LogP contribution < -0.4 is 20.9 Å². The third kappa shape index (κ3) is 4.07. The first-order chi connectivity index (χ1) is 13.7. The second kappa shape index (κ2) is 7.76. The van der Waals surface area contributed by atoms with Crippen LogP contribution in [0.3, 0.4) is 0 Å². The van der Waals surface area contributed by atoms with E-state index in [0.717, 1.165) is 28.4 Å². The molecule has 138 valence electrons. The van der Waals surface area contributed by atoms with Crippen LogP contribution in [0.5, 0.6) is 23.0 Å². The minimum Gasteiger partial charge on any atom is -0.457 e. The van der Waals surface area contributed by atoms with E-state index in [0.29, 0.717) is 17.1 Å². The largest absolute Gasteiger partial charge is 0.457 e. The van der Waals surface area contributed by atoms with Crippen LogP contribution in [0, 0.1) is 0 Å². The summed E-state index contributed by atoms with van der Waals surface area (Å²) in [7, 11) is 0. The lowest BCUT2D eigenvalue weighted by molar-refractivity contribution is 0.469. The SMILES string of the molecule is Nc1ccc(Oc2ccc(Oc3ccc(N)c(-c4ccccc4)c3)cc2)cc1. The molecule has 4 N–H and O–H groups in total. The topological polar surface area (TPSA) is 70.5 Å². The molecule has 0 amide bonds. The van der Waals surface area contributed by atoms with Crippen molar-refractivity contribution in [2.75, 3.05) is 11.5 Å². The van der Waals surface area contributed by atoms with Gasteiger partial charge in [-0.05, 0) is 72.3 Å². The molecule has 0 saturated heterocycles. The lowest BCUT2D eigenvalue weighted by Gasteiger charge is -2.11. The van der Waals surface area contributed by atoms with Gasteiger partial charge in [0, 0.05) is 16.9 Å². The van der Waals surface area contributed by atoms with Crippen LogP contribution in [-0.2, 0) is 0 Å². The van der Waals surface area contributed by atoms with Crippen molar-refractivity contribution in [2.24, 2.45) is 0 Å². The molecule has 0 heterocycles. The second-order valence-corrected chi connectivity index (χ2v) is 6.36. The van der Waals surface area contributed by atoms with Gasteiger partial charge in [0.25, 0.3) is 0 Å². The molecule has 4 aromatic carbocycles. The van der Waals surface area contributed by atoms with Crippen molar-refractivity contribution in [3.8, 4) is 34.1 Å². The number of benzene rings is 4. The summed E-state index contributed by atoms with van der Waals surface area (Å²) in [6.07, 6.45) is 0. The van der Waals surface area contributed by atoms with Crippen LogP contribution >= 0.6 is 0 Å². The smallest absolute Gasteiger partial charge is 0.128 e. The fourth-order valence-corrected chi connectivity index (χ4v) is 2.85. The van der Waals surface area contributed by atoms with Crippen LogP contribution in [0.25, 0.3) is 11.1 Å². The van der Waals surface area contributed by atoms with Gasteiger partial charge in [-0.25, -0.2) is 0 Å². The lowest BCUT2D eigenvalue weighted by atomic mass is 10.0. The maximum atomic E-state index is 6.14. The number of nitrogen functional groups attached to an aromatic ring is 2. The van der Waals surface area contributed by atoms with E-state index in [4.69, 9.17) is 20.9 Å². The summed E-state index contributed by atoms with van der Waals surface area (Å²) < 4.78 is 11.8. The molecule has 0 aromatic heterocycles.